The van der Waals surface area contributed by atoms with E-state index in [1.807, 2.05) is 30.3 Å². The second kappa shape index (κ2) is 6.81. The lowest BCUT2D eigenvalue weighted by Gasteiger charge is -2.34. The molecule has 2 aromatic rings. The summed E-state index contributed by atoms with van der Waals surface area (Å²) in [5.74, 6) is 2.25. The third-order valence-corrected chi connectivity index (χ3v) is 5.16. The lowest BCUT2D eigenvalue weighted by atomic mass is 9.88. The third kappa shape index (κ3) is 3.46. The van der Waals surface area contributed by atoms with Crippen molar-refractivity contribution < 1.29 is 4.52 Å². The van der Waals surface area contributed by atoms with Gasteiger partial charge < -0.3 is 9.84 Å². The number of rotatable bonds is 4. The average molecular weight is 312 g/mol. The Morgan fingerprint density at radius 2 is 1.96 bits per heavy atom. The number of nitrogens with zero attached hydrogens (tertiary/aromatic N) is 3. The van der Waals surface area contributed by atoms with Gasteiger partial charge in [0.25, 0.3) is 0 Å². The van der Waals surface area contributed by atoms with Crippen LogP contribution in [-0.2, 0) is 6.54 Å². The van der Waals surface area contributed by atoms with E-state index in [-0.39, 0.29) is 0 Å². The van der Waals surface area contributed by atoms with Gasteiger partial charge in [-0.25, -0.2) is 0 Å². The quantitative estimate of drug-likeness (QED) is 0.941. The Morgan fingerprint density at radius 1 is 1.13 bits per heavy atom. The van der Waals surface area contributed by atoms with Gasteiger partial charge >= 0.3 is 0 Å². The van der Waals surface area contributed by atoms with Crippen LogP contribution < -0.4 is 5.32 Å². The molecule has 4 rings (SSSR count). The minimum absolute atomic E-state index is 0.686. The highest BCUT2D eigenvalue weighted by atomic mass is 16.5. The van der Waals surface area contributed by atoms with Crippen molar-refractivity contribution in [2.75, 3.05) is 19.6 Å². The molecule has 0 spiro atoms. The summed E-state index contributed by atoms with van der Waals surface area (Å²) in [6, 6.07) is 10.8. The highest BCUT2D eigenvalue weighted by Crippen LogP contribution is 2.26. The Hall–Kier alpha value is -1.72. The van der Waals surface area contributed by atoms with Gasteiger partial charge in [0.1, 0.15) is 0 Å². The molecule has 2 aliphatic rings. The van der Waals surface area contributed by atoms with E-state index in [1.165, 1.54) is 32.2 Å². The molecule has 23 heavy (non-hydrogen) atoms. The van der Waals surface area contributed by atoms with Crippen molar-refractivity contribution in [3.8, 4) is 11.4 Å². The highest BCUT2D eigenvalue weighted by Gasteiger charge is 2.28. The van der Waals surface area contributed by atoms with Crippen molar-refractivity contribution >= 4 is 0 Å². The molecule has 0 amide bonds. The molecular weight excluding hydrogens is 288 g/mol. The molecular formula is C18H24N4O. The van der Waals surface area contributed by atoms with E-state index in [0.29, 0.717) is 5.82 Å². The standard InChI is InChI=1S/C18H24N4O/c1-2-5-15(6-3-1)18-20-17(23-21-18)13-22-11-8-14(9-12-22)16-7-4-10-19-16/h1-3,5-6,14,16,19H,4,7-13H2. The fourth-order valence-electron chi connectivity index (χ4n) is 3.84. The molecule has 0 saturated carbocycles. The second-order valence-corrected chi connectivity index (χ2v) is 6.69. The van der Waals surface area contributed by atoms with Crippen molar-refractivity contribution in [1.82, 2.24) is 20.4 Å². The monoisotopic (exact) mass is 312 g/mol. The van der Waals surface area contributed by atoms with Crippen LogP contribution in [0.1, 0.15) is 31.6 Å². The predicted molar refractivity (Wildman–Crippen MR) is 88.8 cm³/mol. The van der Waals surface area contributed by atoms with E-state index >= 15 is 0 Å². The van der Waals surface area contributed by atoms with Gasteiger partial charge in [0.05, 0.1) is 6.54 Å². The van der Waals surface area contributed by atoms with Gasteiger partial charge in [-0.05, 0) is 51.2 Å². The maximum Gasteiger partial charge on any atom is 0.241 e. The van der Waals surface area contributed by atoms with Gasteiger partial charge in [0.15, 0.2) is 0 Å². The highest BCUT2D eigenvalue weighted by molar-refractivity contribution is 5.53. The summed E-state index contributed by atoms with van der Waals surface area (Å²) < 4.78 is 5.43. The number of aromatic nitrogens is 2. The van der Waals surface area contributed by atoms with E-state index in [9.17, 15) is 0 Å². The number of hydrogen-bond donors (Lipinski definition) is 1. The van der Waals surface area contributed by atoms with Gasteiger partial charge in [0, 0.05) is 11.6 Å². The molecule has 1 atom stereocenters. The summed E-state index contributed by atoms with van der Waals surface area (Å²) in [7, 11) is 0. The Labute approximate surface area is 137 Å². The number of nitrogens with one attached hydrogen (secondary N) is 1. The fourth-order valence-corrected chi connectivity index (χ4v) is 3.84. The van der Waals surface area contributed by atoms with Gasteiger partial charge in [-0.15, -0.1) is 0 Å². The normalized spacial score (nSPS) is 23.4. The Kier molecular flexibility index (Phi) is 4.39. The number of piperidine rings is 1. The molecule has 1 aromatic carbocycles. The second-order valence-electron chi connectivity index (χ2n) is 6.69. The first-order chi connectivity index (χ1) is 11.4. The topological polar surface area (TPSA) is 54.2 Å². The first-order valence-corrected chi connectivity index (χ1v) is 8.72. The molecule has 0 bridgehead atoms. The molecule has 5 nitrogen and oxygen atoms in total. The van der Waals surface area contributed by atoms with E-state index in [0.717, 1.165) is 43.0 Å². The predicted octanol–water partition coefficient (Wildman–Crippen LogP) is 2.70. The van der Waals surface area contributed by atoms with E-state index in [1.54, 1.807) is 0 Å². The van der Waals surface area contributed by atoms with Crippen LogP contribution in [0.25, 0.3) is 11.4 Å². The summed E-state index contributed by atoms with van der Waals surface area (Å²) in [5, 5.41) is 7.76. The number of benzene rings is 1. The van der Waals surface area contributed by atoms with Crippen LogP contribution in [0, 0.1) is 5.92 Å². The van der Waals surface area contributed by atoms with E-state index < -0.39 is 0 Å². The van der Waals surface area contributed by atoms with Crippen molar-refractivity contribution in [3.05, 3.63) is 36.2 Å². The largest absolute Gasteiger partial charge is 0.338 e. The third-order valence-electron chi connectivity index (χ3n) is 5.16. The minimum Gasteiger partial charge on any atom is -0.338 e. The van der Waals surface area contributed by atoms with Crippen LogP contribution in [0.3, 0.4) is 0 Å². The van der Waals surface area contributed by atoms with Gasteiger partial charge in [-0.2, -0.15) is 4.98 Å². The van der Waals surface area contributed by atoms with Gasteiger partial charge in [0.2, 0.25) is 11.7 Å². The van der Waals surface area contributed by atoms with Crippen LogP contribution in [-0.4, -0.2) is 40.7 Å². The van der Waals surface area contributed by atoms with Crippen molar-refractivity contribution in [1.29, 1.82) is 0 Å². The molecule has 5 heteroatoms. The van der Waals surface area contributed by atoms with Crippen molar-refractivity contribution in [2.45, 2.75) is 38.3 Å². The zero-order valence-electron chi connectivity index (χ0n) is 13.4. The van der Waals surface area contributed by atoms with Crippen LogP contribution in [0.15, 0.2) is 34.9 Å². The maximum absolute atomic E-state index is 5.43. The van der Waals surface area contributed by atoms with E-state index in [2.05, 4.69) is 20.4 Å². The minimum atomic E-state index is 0.686. The van der Waals surface area contributed by atoms with Crippen molar-refractivity contribution in [3.63, 3.8) is 0 Å². The zero-order chi connectivity index (χ0) is 15.5. The molecule has 1 aromatic heterocycles. The smallest absolute Gasteiger partial charge is 0.241 e. The summed E-state index contributed by atoms with van der Waals surface area (Å²) in [5.41, 5.74) is 1.01. The molecule has 2 fully saturated rings. The van der Waals surface area contributed by atoms with Crippen LogP contribution in [0.2, 0.25) is 0 Å². The molecule has 2 saturated heterocycles. The SMILES string of the molecule is c1ccc(-c2noc(CN3CCC(C4CCCN4)CC3)n2)cc1. The van der Waals surface area contributed by atoms with E-state index in [4.69, 9.17) is 4.52 Å². The van der Waals surface area contributed by atoms with Crippen LogP contribution in [0.4, 0.5) is 0 Å². The Bertz CT molecular complexity index is 613. The summed E-state index contributed by atoms with van der Waals surface area (Å²) in [6.07, 6.45) is 5.25. The Morgan fingerprint density at radius 3 is 2.70 bits per heavy atom. The lowest BCUT2D eigenvalue weighted by Crippen LogP contribution is -2.40. The molecule has 2 aliphatic heterocycles. The molecule has 1 unspecified atom stereocenters. The molecule has 1 N–H and O–H groups in total. The lowest BCUT2D eigenvalue weighted by molar-refractivity contribution is 0.143. The summed E-state index contributed by atoms with van der Waals surface area (Å²) in [6.45, 7) is 4.23. The number of likely N-dealkylation sites (tertiary alicyclic amines) is 1. The van der Waals surface area contributed by atoms with Crippen molar-refractivity contribution in [2.24, 2.45) is 5.92 Å². The average Bonchev–Trinajstić information content (AvgIpc) is 3.28. The molecule has 3 heterocycles. The zero-order valence-corrected chi connectivity index (χ0v) is 13.4. The van der Waals surface area contributed by atoms with Crippen LogP contribution >= 0.6 is 0 Å². The maximum atomic E-state index is 5.43. The van der Waals surface area contributed by atoms with Gasteiger partial charge in [-0.3, -0.25) is 4.90 Å². The molecule has 122 valence electrons. The first-order valence-electron chi connectivity index (χ1n) is 8.72. The Balaban J connectivity index is 1.32. The molecule has 0 radical (unpaired) electrons. The van der Waals surface area contributed by atoms with Crippen LogP contribution in [0.5, 0.6) is 0 Å². The number of hydrogen-bond acceptors (Lipinski definition) is 5. The summed E-state index contributed by atoms with van der Waals surface area (Å²) in [4.78, 5) is 6.98. The first kappa shape index (κ1) is 14.8. The fraction of sp³-hybridized carbons (Fsp3) is 0.556. The summed E-state index contributed by atoms with van der Waals surface area (Å²) >= 11 is 0. The van der Waals surface area contributed by atoms with Gasteiger partial charge in [-0.1, -0.05) is 35.5 Å². The molecule has 0 aliphatic carbocycles.